The normalized spacial score (nSPS) is 18.6. The SMILES string of the molecule is c1ccc(Cc2ccc3c(cnn3C3CCCCO3)c2)cc1. The molecular formula is C19H20N2O. The number of hydrogen-bond acceptors (Lipinski definition) is 2. The van der Waals surface area contributed by atoms with Gasteiger partial charge in [0.2, 0.25) is 0 Å². The molecule has 0 amide bonds. The molecule has 3 nitrogen and oxygen atoms in total. The Morgan fingerprint density at radius 2 is 1.95 bits per heavy atom. The topological polar surface area (TPSA) is 27.1 Å². The van der Waals surface area contributed by atoms with Crippen molar-refractivity contribution >= 4 is 10.9 Å². The molecule has 1 saturated heterocycles. The quantitative estimate of drug-likeness (QED) is 0.718. The lowest BCUT2D eigenvalue weighted by Gasteiger charge is -2.23. The van der Waals surface area contributed by atoms with E-state index in [1.807, 2.05) is 10.9 Å². The summed E-state index contributed by atoms with van der Waals surface area (Å²) in [5, 5.41) is 5.76. The summed E-state index contributed by atoms with van der Waals surface area (Å²) in [6, 6.07) is 17.2. The zero-order chi connectivity index (χ0) is 14.8. The van der Waals surface area contributed by atoms with E-state index in [9.17, 15) is 0 Å². The number of aromatic nitrogens is 2. The van der Waals surface area contributed by atoms with Crippen LogP contribution < -0.4 is 0 Å². The minimum absolute atomic E-state index is 0.103. The second-order valence-electron chi connectivity index (χ2n) is 5.97. The second-order valence-corrected chi connectivity index (χ2v) is 5.97. The third-order valence-electron chi connectivity index (χ3n) is 4.34. The number of nitrogens with zero attached hydrogens (tertiary/aromatic N) is 2. The third-order valence-corrected chi connectivity index (χ3v) is 4.34. The van der Waals surface area contributed by atoms with E-state index in [0.29, 0.717) is 0 Å². The summed E-state index contributed by atoms with van der Waals surface area (Å²) in [6.07, 6.45) is 6.47. The van der Waals surface area contributed by atoms with E-state index < -0.39 is 0 Å². The molecule has 0 saturated carbocycles. The Balaban J connectivity index is 1.62. The molecule has 0 spiro atoms. The van der Waals surface area contributed by atoms with Gasteiger partial charge in [-0.05, 0) is 48.9 Å². The standard InChI is InChI=1S/C19H20N2O/c1-2-6-15(7-3-1)12-16-9-10-18-17(13-16)14-20-21(18)19-8-4-5-11-22-19/h1-3,6-7,9-10,13-14,19H,4-5,8,11-12H2. The molecule has 22 heavy (non-hydrogen) atoms. The van der Waals surface area contributed by atoms with Gasteiger partial charge < -0.3 is 4.74 Å². The van der Waals surface area contributed by atoms with Crippen LogP contribution in [-0.2, 0) is 11.2 Å². The summed E-state index contributed by atoms with van der Waals surface area (Å²) in [5.74, 6) is 0. The first kappa shape index (κ1) is 13.5. The maximum atomic E-state index is 5.86. The number of benzene rings is 2. The highest BCUT2D eigenvalue weighted by Crippen LogP contribution is 2.27. The van der Waals surface area contributed by atoms with Gasteiger partial charge in [0.15, 0.2) is 6.23 Å². The zero-order valence-electron chi connectivity index (χ0n) is 12.6. The predicted octanol–water partition coefficient (Wildman–Crippen LogP) is 4.33. The molecular weight excluding hydrogens is 272 g/mol. The van der Waals surface area contributed by atoms with Crippen LogP contribution in [0.2, 0.25) is 0 Å². The van der Waals surface area contributed by atoms with Crippen LogP contribution >= 0.6 is 0 Å². The van der Waals surface area contributed by atoms with Crippen molar-refractivity contribution in [1.82, 2.24) is 9.78 Å². The molecule has 1 aromatic heterocycles. The van der Waals surface area contributed by atoms with E-state index in [1.165, 1.54) is 28.5 Å². The molecule has 1 fully saturated rings. The third kappa shape index (κ3) is 2.64. The van der Waals surface area contributed by atoms with Crippen LogP contribution in [-0.4, -0.2) is 16.4 Å². The van der Waals surface area contributed by atoms with Crippen molar-refractivity contribution in [1.29, 1.82) is 0 Å². The van der Waals surface area contributed by atoms with E-state index in [4.69, 9.17) is 4.74 Å². The van der Waals surface area contributed by atoms with E-state index in [-0.39, 0.29) is 6.23 Å². The summed E-state index contributed by atoms with van der Waals surface area (Å²) in [6.45, 7) is 0.845. The summed E-state index contributed by atoms with van der Waals surface area (Å²) in [7, 11) is 0. The first-order valence-electron chi connectivity index (χ1n) is 8.02. The van der Waals surface area contributed by atoms with Crippen LogP contribution in [0.4, 0.5) is 0 Å². The lowest BCUT2D eigenvalue weighted by molar-refractivity contribution is -0.0366. The van der Waals surface area contributed by atoms with E-state index in [2.05, 4.69) is 53.6 Å². The summed E-state index contributed by atoms with van der Waals surface area (Å²) in [5.41, 5.74) is 3.83. The number of rotatable bonds is 3. The van der Waals surface area contributed by atoms with Gasteiger partial charge in [0.05, 0.1) is 11.7 Å². The van der Waals surface area contributed by atoms with Gasteiger partial charge in [-0.3, -0.25) is 0 Å². The average molecular weight is 292 g/mol. The van der Waals surface area contributed by atoms with Gasteiger partial charge in [-0.2, -0.15) is 5.10 Å². The van der Waals surface area contributed by atoms with Gasteiger partial charge in [-0.25, -0.2) is 4.68 Å². The molecule has 1 unspecified atom stereocenters. The minimum Gasteiger partial charge on any atom is -0.356 e. The van der Waals surface area contributed by atoms with Crippen molar-refractivity contribution in [3.05, 3.63) is 65.9 Å². The average Bonchev–Trinajstić information content (AvgIpc) is 3.00. The van der Waals surface area contributed by atoms with Gasteiger partial charge in [0, 0.05) is 12.0 Å². The Hall–Kier alpha value is -2.13. The monoisotopic (exact) mass is 292 g/mol. The Labute approximate surface area is 130 Å². The van der Waals surface area contributed by atoms with Gasteiger partial charge in [-0.1, -0.05) is 36.4 Å². The van der Waals surface area contributed by atoms with Crippen molar-refractivity contribution in [2.75, 3.05) is 6.61 Å². The highest BCUT2D eigenvalue weighted by molar-refractivity contribution is 5.79. The molecule has 3 heteroatoms. The van der Waals surface area contributed by atoms with Gasteiger partial charge in [0.25, 0.3) is 0 Å². The largest absolute Gasteiger partial charge is 0.356 e. The molecule has 0 radical (unpaired) electrons. The predicted molar refractivity (Wildman–Crippen MR) is 87.8 cm³/mol. The van der Waals surface area contributed by atoms with Crippen molar-refractivity contribution in [3.8, 4) is 0 Å². The number of ether oxygens (including phenoxy) is 1. The maximum Gasteiger partial charge on any atom is 0.150 e. The van der Waals surface area contributed by atoms with E-state index >= 15 is 0 Å². The molecule has 112 valence electrons. The lowest BCUT2D eigenvalue weighted by Crippen LogP contribution is -2.18. The number of hydrogen-bond donors (Lipinski definition) is 0. The van der Waals surface area contributed by atoms with Crippen molar-refractivity contribution < 1.29 is 4.74 Å². The first-order valence-corrected chi connectivity index (χ1v) is 8.02. The number of fused-ring (bicyclic) bond motifs is 1. The Morgan fingerprint density at radius 3 is 2.77 bits per heavy atom. The fourth-order valence-corrected chi connectivity index (χ4v) is 3.19. The van der Waals surface area contributed by atoms with E-state index in [1.54, 1.807) is 0 Å². The van der Waals surface area contributed by atoms with Crippen LogP contribution in [0.5, 0.6) is 0 Å². The molecule has 2 aromatic carbocycles. The minimum atomic E-state index is 0.103. The second kappa shape index (κ2) is 5.93. The molecule has 0 N–H and O–H groups in total. The fourth-order valence-electron chi connectivity index (χ4n) is 3.19. The van der Waals surface area contributed by atoms with Gasteiger partial charge in [-0.15, -0.1) is 0 Å². The highest BCUT2D eigenvalue weighted by Gasteiger charge is 2.18. The molecule has 3 aromatic rings. The summed E-state index contributed by atoms with van der Waals surface area (Å²) < 4.78 is 7.90. The smallest absolute Gasteiger partial charge is 0.150 e. The molecule has 1 aliphatic rings. The summed E-state index contributed by atoms with van der Waals surface area (Å²) in [4.78, 5) is 0. The van der Waals surface area contributed by atoms with Crippen LogP contribution in [0, 0.1) is 0 Å². The van der Waals surface area contributed by atoms with Crippen molar-refractivity contribution in [2.24, 2.45) is 0 Å². The Morgan fingerprint density at radius 1 is 1.05 bits per heavy atom. The lowest BCUT2D eigenvalue weighted by atomic mass is 10.0. The van der Waals surface area contributed by atoms with Crippen LogP contribution in [0.25, 0.3) is 10.9 Å². The van der Waals surface area contributed by atoms with Crippen LogP contribution in [0.15, 0.2) is 54.7 Å². The fraction of sp³-hybridized carbons (Fsp3) is 0.316. The van der Waals surface area contributed by atoms with Crippen LogP contribution in [0.1, 0.15) is 36.6 Å². The summed E-state index contributed by atoms with van der Waals surface area (Å²) >= 11 is 0. The van der Waals surface area contributed by atoms with Crippen molar-refractivity contribution in [3.63, 3.8) is 0 Å². The first-order chi connectivity index (χ1) is 10.9. The molecule has 2 heterocycles. The van der Waals surface area contributed by atoms with E-state index in [0.717, 1.165) is 25.9 Å². The molecule has 1 atom stereocenters. The molecule has 4 rings (SSSR count). The van der Waals surface area contributed by atoms with Gasteiger partial charge >= 0.3 is 0 Å². The highest BCUT2D eigenvalue weighted by atomic mass is 16.5. The molecule has 0 bridgehead atoms. The van der Waals surface area contributed by atoms with Gasteiger partial charge in [0.1, 0.15) is 0 Å². The Bertz CT molecular complexity index is 757. The van der Waals surface area contributed by atoms with Crippen LogP contribution in [0.3, 0.4) is 0 Å². The molecule has 0 aliphatic carbocycles. The zero-order valence-corrected chi connectivity index (χ0v) is 12.6. The van der Waals surface area contributed by atoms with Crippen molar-refractivity contribution in [2.45, 2.75) is 31.9 Å². The maximum absolute atomic E-state index is 5.86. The molecule has 1 aliphatic heterocycles. The Kier molecular flexibility index (Phi) is 3.65.